The molecule has 2 rings (SSSR count). The standard InChI is InChI=1S/C15H16N2O4S2/c1-11-8-13(9-12(2)15(11)22-10-17(18)19)16-23(20,21)14-6-4-3-5-7-14/h3-9,16H,10H2,1-2H3. The summed E-state index contributed by atoms with van der Waals surface area (Å²) in [7, 11) is -3.65. The predicted octanol–water partition coefficient (Wildman–Crippen LogP) is 3.43. The number of hydrogen-bond donors (Lipinski definition) is 1. The third-order valence-electron chi connectivity index (χ3n) is 3.08. The van der Waals surface area contributed by atoms with Crippen LogP contribution >= 0.6 is 11.8 Å². The van der Waals surface area contributed by atoms with Crippen LogP contribution < -0.4 is 4.72 Å². The van der Waals surface area contributed by atoms with Crippen LogP contribution in [0.5, 0.6) is 0 Å². The zero-order valence-corrected chi connectivity index (χ0v) is 14.3. The zero-order valence-electron chi connectivity index (χ0n) is 12.6. The molecule has 0 bridgehead atoms. The van der Waals surface area contributed by atoms with Gasteiger partial charge in [-0.1, -0.05) is 18.2 Å². The van der Waals surface area contributed by atoms with E-state index in [0.717, 1.165) is 27.8 Å². The van der Waals surface area contributed by atoms with E-state index in [2.05, 4.69) is 4.72 Å². The molecule has 0 saturated carbocycles. The number of sulfonamides is 1. The highest BCUT2D eigenvalue weighted by Gasteiger charge is 2.15. The van der Waals surface area contributed by atoms with Crippen molar-refractivity contribution in [2.75, 3.05) is 10.6 Å². The summed E-state index contributed by atoms with van der Waals surface area (Å²) in [6.07, 6.45) is 0. The first-order valence-electron chi connectivity index (χ1n) is 6.73. The lowest BCUT2D eigenvalue weighted by Crippen LogP contribution is -2.13. The second-order valence-electron chi connectivity index (χ2n) is 4.96. The summed E-state index contributed by atoms with van der Waals surface area (Å²) in [6, 6.07) is 11.4. The summed E-state index contributed by atoms with van der Waals surface area (Å²) < 4.78 is 27.2. The number of nitrogens with zero attached hydrogens (tertiary/aromatic N) is 1. The Hall–Kier alpha value is -2.06. The van der Waals surface area contributed by atoms with Crippen molar-refractivity contribution in [3.8, 4) is 0 Å². The molecule has 1 N–H and O–H groups in total. The highest BCUT2D eigenvalue weighted by atomic mass is 32.2. The third kappa shape index (κ3) is 4.46. The molecule has 2 aromatic rings. The number of anilines is 1. The van der Waals surface area contributed by atoms with Gasteiger partial charge in [-0.3, -0.25) is 14.8 Å². The van der Waals surface area contributed by atoms with Crippen LogP contribution in [0, 0.1) is 24.0 Å². The van der Waals surface area contributed by atoms with Crippen LogP contribution in [0.3, 0.4) is 0 Å². The summed E-state index contributed by atoms with van der Waals surface area (Å²) in [4.78, 5) is 11.1. The van der Waals surface area contributed by atoms with Gasteiger partial charge in [0.25, 0.3) is 15.9 Å². The molecule has 8 heteroatoms. The fourth-order valence-electron chi connectivity index (χ4n) is 2.17. The van der Waals surface area contributed by atoms with Crippen molar-refractivity contribution in [1.29, 1.82) is 0 Å². The third-order valence-corrected chi connectivity index (χ3v) is 5.75. The normalized spacial score (nSPS) is 11.2. The number of aryl methyl sites for hydroxylation is 2. The van der Waals surface area contributed by atoms with Gasteiger partial charge in [0.05, 0.1) is 4.90 Å². The van der Waals surface area contributed by atoms with E-state index >= 15 is 0 Å². The summed E-state index contributed by atoms with van der Waals surface area (Å²) in [5, 5.41) is 10.5. The molecule has 23 heavy (non-hydrogen) atoms. The Morgan fingerprint density at radius 1 is 1.13 bits per heavy atom. The van der Waals surface area contributed by atoms with Crippen molar-refractivity contribution in [3.05, 3.63) is 63.7 Å². The van der Waals surface area contributed by atoms with Gasteiger partial charge < -0.3 is 0 Å². The lowest BCUT2D eigenvalue weighted by molar-refractivity contribution is -0.456. The molecule has 0 aliphatic carbocycles. The first-order chi connectivity index (χ1) is 10.8. The molecule has 2 aromatic carbocycles. The van der Waals surface area contributed by atoms with Crippen molar-refractivity contribution < 1.29 is 13.3 Å². The van der Waals surface area contributed by atoms with Crippen molar-refractivity contribution in [2.45, 2.75) is 23.6 Å². The molecule has 122 valence electrons. The quantitative estimate of drug-likeness (QED) is 0.372. The van der Waals surface area contributed by atoms with Gasteiger partial charge in [-0.2, -0.15) is 0 Å². The minimum absolute atomic E-state index is 0.183. The maximum atomic E-state index is 12.3. The van der Waals surface area contributed by atoms with Gasteiger partial charge in [0.1, 0.15) is 0 Å². The second-order valence-corrected chi connectivity index (χ2v) is 7.60. The van der Waals surface area contributed by atoms with E-state index in [1.807, 2.05) is 0 Å². The Labute approximate surface area is 139 Å². The average molecular weight is 352 g/mol. The Balaban J connectivity index is 2.27. The van der Waals surface area contributed by atoms with Gasteiger partial charge in [0, 0.05) is 15.5 Å². The average Bonchev–Trinajstić information content (AvgIpc) is 2.46. The second kappa shape index (κ2) is 7.01. The number of benzene rings is 2. The SMILES string of the molecule is Cc1cc(NS(=O)(=O)c2ccccc2)cc(C)c1SC[N+](=O)[O-]. The zero-order chi connectivity index (χ0) is 17.0. The number of hydrogen-bond acceptors (Lipinski definition) is 5. The van der Waals surface area contributed by atoms with Gasteiger partial charge >= 0.3 is 0 Å². The van der Waals surface area contributed by atoms with Crippen LogP contribution in [-0.2, 0) is 10.0 Å². The Bertz CT molecular complexity index is 798. The fraction of sp³-hybridized carbons (Fsp3) is 0.200. The summed E-state index contributed by atoms with van der Waals surface area (Å²) in [5.74, 6) is -0.225. The van der Waals surface area contributed by atoms with Gasteiger partial charge in [0.15, 0.2) is 0 Å². The molecule has 0 aliphatic heterocycles. The molecule has 6 nitrogen and oxygen atoms in total. The van der Waals surface area contributed by atoms with E-state index in [-0.39, 0.29) is 10.8 Å². The molecule has 0 heterocycles. The smallest absolute Gasteiger partial charge is 0.261 e. The number of nitrogens with one attached hydrogen (secondary N) is 1. The summed E-state index contributed by atoms with van der Waals surface area (Å²) in [6.45, 7) is 3.60. The lowest BCUT2D eigenvalue weighted by atomic mass is 10.1. The van der Waals surface area contributed by atoms with Crippen LogP contribution in [0.15, 0.2) is 52.3 Å². The van der Waals surface area contributed by atoms with Crippen molar-refractivity contribution >= 4 is 27.5 Å². The van der Waals surface area contributed by atoms with Crippen molar-refractivity contribution in [1.82, 2.24) is 0 Å². The van der Waals surface area contributed by atoms with E-state index in [4.69, 9.17) is 0 Å². The minimum atomic E-state index is -3.65. The first kappa shape index (κ1) is 17.3. The highest BCUT2D eigenvalue weighted by molar-refractivity contribution is 7.99. The molecule has 0 saturated heterocycles. The van der Waals surface area contributed by atoms with Crippen LogP contribution in [0.25, 0.3) is 0 Å². The van der Waals surface area contributed by atoms with E-state index in [1.165, 1.54) is 12.1 Å². The van der Waals surface area contributed by atoms with E-state index in [0.29, 0.717) is 5.69 Å². The van der Waals surface area contributed by atoms with Gasteiger partial charge in [0.2, 0.25) is 0 Å². The molecule has 0 aromatic heterocycles. The predicted molar refractivity (Wildman–Crippen MR) is 90.9 cm³/mol. The summed E-state index contributed by atoms with van der Waals surface area (Å²) in [5.41, 5.74) is 2.03. The van der Waals surface area contributed by atoms with Gasteiger partial charge in [-0.15, -0.1) is 0 Å². The maximum Gasteiger partial charge on any atom is 0.261 e. The molecule has 0 unspecified atom stereocenters. The van der Waals surface area contributed by atoms with Crippen molar-refractivity contribution in [2.24, 2.45) is 0 Å². The molecule has 0 spiro atoms. The molecular weight excluding hydrogens is 336 g/mol. The van der Waals surface area contributed by atoms with E-state index < -0.39 is 14.9 Å². The minimum Gasteiger partial charge on any atom is -0.280 e. The van der Waals surface area contributed by atoms with Gasteiger partial charge in [-0.05, 0) is 61.0 Å². The number of thioether (sulfide) groups is 1. The topological polar surface area (TPSA) is 89.3 Å². The number of nitro groups is 1. The van der Waals surface area contributed by atoms with Crippen LogP contribution in [0.4, 0.5) is 5.69 Å². The van der Waals surface area contributed by atoms with Crippen molar-refractivity contribution in [3.63, 3.8) is 0 Å². The molecule has 0 fully saturated rings. The molecular formula is C15H16N2O4S2. The summed E-state index contributed by atoms with van der Waals surface area (Å²) >= 11 is 1.13. The van der Waals surface area contributed by atoms with Crippen LogP contribution in [-0.4, -0.2) is 19.2 Å². The molecule has 0 aliphatic rings. The fourth-order valence-corrected chi connectivity index (χ4v) is 4.04. The van der Waals surface area contributed by atoms with E-state index in [1.54, 1.807) is 44.2 Å². The van der Waals surface area contributed by atoms with Crippen LogP contribution in [0.2, 0.25) is 0 Å². The first-order valence-corrected chi connectivity index (χ1v) is 9.20. The maximum absolute atomic E-state index is 12.3. The highest BCUT2D eigenvalue weighted by Crippen LogP contribution is 2.30. The van der Waals surface area contributed by atoms with E-state index in [9.17, 15) is 18.5 Å². The Morgan fingerprint density at radius 3 is 2.22 bits per heavy atom. The van der Waals surface area contributed by atoms with Crippen LogP contribution in [0.1, 0.15) is 11.1 Å². The molecule has 0 amide bonds. The van der Waals surface area contributed by atoms with Gasteiger partial charge in [-0.25, -0.2) is 8.42 Å². The largest absolute Gasteiger partial charge is 0.280 e. The Kier molecular flexibility index (Phi) is 5.27. The monoisotopic (exact) mass is 352 g/mol. The number of rotatable bonds is 6. The molecule has 0 radical (unpaired) electrons. The molecule has 0 atom stereocenters. The Morgan fingerprint density at radius 2 is 1.70 bits per heavy atom. The lowest BCUT2D eigenvalue weighted by Gasteiger charge is -2.13.